The van der Waals surface area contributed by atoms with Gasteiger partial charge >= 0.3 is 0 Å². The number of nitrogens with zero attached hydrogens (tertiary/aromatic N) is 2. The summed E-state index contributed by atoms with van der Waals surface area (Å²) in [6.45, 7) is 2.04. The van der Waals surface area contributed by atoms with E-state index in [0.717, 1.165) is 46.6 Å². The Morgan fingerprint density at radius 1 is 1.08 bits per heavy atom. The molecule has 1 aliphatic heterocycles. The minimum Gasteiger partial charge on any atom is -0.348 e. The Labute approximate surface area is 147 Å². The number of benzene rings is 2. The second-order valence-corrected chi connectivity index (χ2v) is 6.99. The zero-order valence-corrected chi connectivity index (χ0v) is 14.1. The number of aromatic nitrogens is 1. The van der Waals surface area contributed by atoms with Crippen LogP contribution in [0.2, 0.25) is 0 Å². The molecular weight excluding hydrogens is 344 g/mol. The Bertz CT molecular complexity index is 930. The van der Waals surface area contributed by atoms with Crippen molar-refractivity contribution in [2.75, 3.05) is 23.3 Å². The van der Waals surface area contributed by atoms with Crippen LogP contribution in [-0.4, -0.2) is 24.0 Å². The van der Waals surface area contributed by atoms with Crippen LogP contribution in [0.3, 0.4) is 0 Å². The van der Waals surface area contributed by atoms with Gasteiger partial charge in [0.15, 0.2) is 5.13 Å². The lowest BCUT2D eigenvalue weighted by atomic mass is 10.2. The Morgan fingerprint density at radius 3 is 2.52 bits per heavy atom. The van der Waals surface area contributed by atoms with Crippen LogP contribution in [-0.2, 0) is 0 Å². The molecule has 0 saturated carbocycles. The number of carbonyl (C=O) groups excluding carboxylic acids is 1. The summed E-state index contributed by atoms with van der Waals surface area (Å²) in [5.74, 6) is -2.11. The number of hydrogen-bond donors (Lipinski definition) is 1. The lowest BCUT2D eigenvalue weighted by molar-refractivity contribution is 0.102. The third-order valence-corrected chi connectivity index (χ3v) is 5.22. The molecule has 1 aromatic heterocycles. The minimum atomic E-state index is -0.779. The van der Waals surface area contributed by atoms with E-state index in [9.17, 15) is 13.6 Å². The molecule has 1 aliphatic rings. The average Bonchev–Trinajstić information content (AvgIpc) is 3.22. The molecule has 1 saturated heterocycles. The van der Waals surface area contributed by atoms with Crippen LogP contribution < -0.4 is 10.2 Å². The van der Waals surface area contributed by atoms with Gasteiger partial charge < -0.3 is 10.2 Å². The van der Waals surface area contributed by atoms with Gasteiger partial charge in [-0.05, 0) is 43.2 Å². The van der Waals surface area contributed by atoms with Gasteiger partial charge in [-0.25, -0.2) is 13.8 Å². The molecule has 4 nitrogen and oxygen atoms in total. The van der Waals surface area contributed by atoms with Gasteiger partial charge in [0.1, 0.15) is 11.6 Å². The third-order valence-electron chi connectivity index (χ3n) is 4.14. The summed E-state index contributed by atoms with van der Waals surface area (Å²) in [7, 11) is 0. The van der Waals surface area contributed by atoms with Crippen molar-refractivity contribution in [3.05, 3.63) is 53.6 Å². The van der Waals surface area contributed by atoms with E-state index in [-0.39, 0.29) is 5.56 Å². The predicted octanol–water partition coefficient (Wildman–Crippen LogP) is 4.43. The van der Waals surface area contributed by atoms with Crippen molar-refractivity contribution in [3.63, 3.8) is 0 Å². The summed E-state index contributed by atoms with van der Waals surface area (Å²) >= 11 is 1.58. The van der Waals surface area contributed by atoms with Gasteiger partial charge in [0.2, 0.25) is 0 Å². The largest absolute Gasteiger partial charge is 0.348 e. The highest BCUT2D eigenvalue weighted by atomic mass is 32.1. The summed E-state index contributed by atoms with van der Waals surface area (Å²) in [6.07, 6.45) is 2.36. The molecule has 0 bridgehead atoms. The molecule has 25 heavy (non-hydrogen) atoms. The van der Waals surface area contributed by atoms with Crippen molar-refractivity contribution < 1.29 is 13.6 Å². The summed E-state index contributed by atoms with van der Waals surface area (Å²) in [6, 6.07) is 8.17. The molecule has 7 heteroatoms. The number of carbonyl (C=O) groups is 1. The summed E-state index contributed by atoms with van der Waals surface area (Å²) in [4.78, 5) is 19.1. The van der Waals surface area contributed by atoms with E-state index in [1.54, 1.807) is 17.4 Å². The molecule has 0 atom stereocenters. The first kappa shape index (κ1) is 16.0. The van der Waals surface area contributed by atoms with Gasteiger partial charge in [-0.3, -0.25) is 4.79 Å². The Hall–Kier alpha value is -2.54. The number of nitrogens with one attached hydrogen (secondary N) is 1. The predicted molar refractivity (Wildman–Crippen MR) is 95.4 cm³/mol. The van der Waals surface area contributed by atoms with E-state index < -0.39 is 17.5 Å². The van der Waals surface area contributed by atoms with Crippen molar-refractivity contribution in [1.29, 1.82) is 0 Å². The smallest absolute Gasteiger partial charge is 0.255 e. The number of fused-ring (bicyclic) bond motifs is 1. The molecule has 1 N–H and O–H groups in total. The van der Waals surface area contributed by atoms with Crippen LogP contribution in [0, 0.1) is 11.6 Å². The lowest BCUT2D eigenvalue weighted by Gasteiger charge is -2.11. The second-order valence-electron chi connectivity index (χ2n) is 5.99. The average molecular weight is 359 g/mol. The van der Waals surface area contributed by atoms with E-state index in [1.807, 2.05) is 12.1 Å². The van der Waals surface area contributed by atoms with E-state index in [2.05, 4.69) is 15.2 Å². The Balaban J connectivity index is 1.57. The first-order valence-corrected chi connectivity index (χ1v) is 8.83. The molecule has 0 radical (unpaired) electrons. The molecule has 2 heterocycles. The second kappa shape index (κ2) is 6.40. The number of anilines is 2. The van der Waals surface area contributed by atoms with E-state index >= 15 is 0 Å². The van der Waals surface area contributed by atoms with Crippen molar-refractivity contribution in [1.82, 2.24) is 4.98 Å². The topological polar surface area (TPSA) is 45.2 Å². The monoisotopic (exact) mass is 359 g/mol. The van der Waals surface area contributed by atoms with Crippen LogP contribution in [0.4, 0.5) is 19.6 Å². The van der Waals surface area contributed by atoms with Crippen molar-refractivity contribution in [2.45, 2.75) is 12.8 Å². The molecule has 0 unspecified atom stereocenters. The summed E-state index contributed by atoms with van der Waals surface area (Å²) < 4.78 is 27.5. The Morgan fingerprint density at radius 2 is 1.80 bits per heavy atom. The van der Waals surface area contributed by atoms with E-state index in [1.165, 1.54) is 12.8 Å². The normalized spacial score (nSPS) is 14.2. The maximum absolute atomic E-state index is 13.3. The summed E-state index contributed by atoms with van der Waals surface area (Å²) in [5.41, 5.74) is 1.39. The fourth-order valence-electron chi connectivity index (χ4n) is 2.92. The molecule has 0 aliphatic carbocycles. The van der Waals surface area contributed by atoms with Crippen molar-refractivity contribution >= 4 is 38.3 Å². The number of hydrogen-bond acceptors (Lipinski definition) is 4. The van der Waals surface area contributed by atoms with E-state index in [4.69, 9.17) is 0 Å². The molecule has 128 valence electrons. The lowest BCUT2D eigenvalue weighted by Crippen LogP contribution is -2.16. The van der Waals surface area contributed by atoms with Crippen LogP contribution >= 0.6 is 11.3 Å². The number of amides is 1. The fraction of sp³-hybridized carbons (Fsp3) is 0.222. The zero-order valence-electron chi connectivity index (χ0n) is 13.3. The standard InChI is InChI=1S/C18H15F2N3OS/c19-12-7-11(8-13(20)9-12)17(24)21-14-3-4-15-16(10-14)25-18(22-15)23-5-1-2-6-23/h3-4,7-10H,1-2,5-6H2,(H,21,24). The minimum absolute atomic E-state index is 0.0559. The van der Waals surface area contributed by atoms with Gasteiger partial charge in [-0.1, -0.05) is 11.3 Å². The third kappa shape index (κ3) is 3.32. The van der Waals surface area contributed by atoms with Crippen LogP contribution in [0.1, 0.15) is 23.2 Å². The fourth-order valence-corrected chi connectivity index (χ4v) is 3.98. The van der Waals surface area contributed by atoms with Crippen molar-refractivity contribution in [3.8, 4) is 0 Å². The highest BCUT2D eigenvalue weighted by Crippen LogP contribution is 2.32. The molecule has 3 aromatic rings. The number of rotatable bonds is 3. The Kier molecular flexibility index (Phi) is 4.09. The first-order valence-electron chi connectivity index (χ1n) is 8.01. The molecule has 1 amide bonds. The zero-order chi connectivity index (χ0) is 17.4. The maximum Gasteiger partial charge on any atom is 0.255 e. The van der Waals surface area contributed by atoms with Gasteiger partial charge in [0, 0.05) is 30.4 Å². The number of halogens is 2. The molecular formula is C18H15F2N3OS. The number of thiazole rings is 1. The van der Waals surface area contributed by atoms with Gasteiger partial charge in [-0.2, -0.15) is 0 Å². The molecule has 4 rings (SSSR count). The van der Waals surface area contributed by atoms with Crippen LogP contribution in [0.15, 0.2) is 36.4 Å². The first-order chi connectivity index (χ1) is 12.1. The quantitative estimate of drug-likeness (QED) is 0.753. The van der Waals surface area contributed by atoms with Gasteiger partial charge in [-0.15, -0.1) is 0 Å². The van der Waals surface area contributed by atoms with Crippen LogP contribution in [0.25, 0.3) is 10.2 Å². The van der Waals surface area contributed by atoms with Gasteiger partial charge in [0.25, 0.3) is 5.91 Å². The summed E-state index contributed by atoms with van der Waals surface area (Å²) in [5, 5.41) is 3.67. The molecule has 1 fully saturated rings. The molecule has 0 spiro atoms. The van der Waals surface area contributed by atoms with Gasteiger partial charge in [0.05, 0.1) is 10.2 Å². The van der Waals surface area contributed by atoms with Crippen molar-refractivity contribution in [2.24, 2.45) is 0 Å². The highest BCUT2D eigenvalue weighted by molar-refractivity contribution is 7.22. The maximum atomic E-state index is 13.3. The van der Waals surface area contributed by atoms with Crippen LogP contribution in [0.5, 0.6) is 0 Å². The highest BCUT2D eigenvalue weighted by Gasteiger charge is 2.17. The SMILES string of the molecule is O=C(Nc1ccc2nc(N3CCCC3)sc2c1)c1cc(F)cc(F)c1. The van der Waals surface area contributed by atoms with E-state index in [0.29, 0.717) is 5.69 Å². The molecule has 2 aromatic carbocycles.